The maximum atomic E-state index is 13.8. The number of nitrogens with zero attached hydrogens (tertiary/aromatic N) is 4. The summed E-state index contributed by atoms with van der Waals surface area (Å²) in [5.41, 5.74) is 2.12. The van der Waals surface area contributed by atoms with Gasteiger partial charge in [-0.2, -0.15) is 0 Å². The van der Waals surface area contributed by atoms with E-state index in [2.05, 4.69) is 10.2 Å². The summed E-state index contributed by atoms with van der Waals surface area (Å²) in [5.74, 6) is 0.0170. The van der Waals surface area contributed by atoms with Gasteiger partial charge in [0.25, 0.3) is 5.91 Å². The lowest BCUT2D eigenvalue weighted by Gasteiger charge is -2.43. The Bertz CT molecular complexity index is 1070. The minimum atomic E-state index is -0.743. The molecule has 0 atom stereocenters. The second kappa shape index (κ2) is 9.60. The summed E-state index contributed by atoms with van der Waals surface area (Å²) in [6.07, 6.45) is 3.10. The maximum absolute atomic E-state index is 13.8. The van der Waals surface area contributed by atoms with Crippen LogP contribution in [0.2, 0.25) is 0 Å². The molecule has 184 valence electrons. The van der Waals surface area contributed by atoms with Gasteiger partial charge in [0, 0.05) is 37.6 Å². The number of benzene rings is 2. The van der Waals surface area contributed by atoms with E-state index in [-0.39, 0.29) is 24.4 Å². The van der Waals surface area contributed by atoms with Gasteiger partial charge in [0.2, 0.25) is 5.91 Å². The first-order chi connectivity index (χ1) is 17.0. The van der Waals surface area contributed by atoms with Gasteiger partial charge in [-0.15, -0.1) is 0 Å². The molecule has 35 heavy (non-hydrogen) atoms. The van der Waals surface area contributed by atoms with Crippen LogP contribution >= 0.6 is 0 Å². The number of aryl methyl sites for hydroxylation is 1. The predicted molar refractivity (Wildman–Crippen MR) is 135 cm³/mol. The molecule has 0 radical (unpaired) electrons. The summed E-state index contributed by atoms with van der Waals surface area (Å²) in [6, 6.07) is 17.5. The monoisotopic (exact) mass is 475 g/mol. The van der Waals surface area contributed by atoms with Crippen molar-refractivity contribution in [2.75, 3.05) is 49.6 Å². The number of rotatable bonds is 4. The number of anilines is 2. The molecule has 0 aliphatic carbocycles. The third-order valence-electron chi connectivity index (χ3n) is 7.55. The van der Waals surface area contributed by atoms with Crippen molar-refractivity contribution < 1.29 is 14.4 Å². The predicted octanol–water partition coefficient (Wildman–Crippen LogP) is 3.29. The Kier molecular flexibility index (Phi) is 6.36. The van der Waals surface area contributed by atoms with E-state index in [1.54, 1.807) is 9.80 Å². The van der Waals surface area contributed by atoms with Gasteiger partial charge in [-0.05, 0) is 56.9 Å². The minimum Gasteiger partial charge on any atom is -0.341 e. The molecule has 3 saturated heterocycles. The molecule has 3 aliphatic rings. The number of nitrogens with one attached hydrogen (secondary N) is 1. The molecule has 4 amide bonds. The fraction of sp³-hybridized carbons (Fsp3) is 0.444. The third kappa shape index (κ3) is 4.57. The van der Waals surface area contributed by atoms with E-state index in [0.29, 0.717) is 32.6 Å². The number of hydrogen-bond acceptors (Lipinski definition) is 4. The number of carbonyl (C=O) groups is 3. The van der Waals surface area contributed by atoms with Crippen LogP contribution in [0, 0.1) is 6.92 Å². The van der Waals surface area contributed by atoms with Crippen LogP contribution in [0.1, 0.15) is 31.2 Å². The van der Waals surface area contributed by atoms with Gasteiger partial charge in [0.05, 0.1) is 6.67 Å². The average Bonchev–Trinajstić information content (AvgIpc) is 3.51. The van der Waals surface area contributed by atoms with E-state index in [0.717, 1.165) is 42.9 Å². The molecule has 2 aromatic carbocycles. The SMILES string of the molecule is Cc1ccc(NC(=O)N2CCC3(CC2)C(=O)N(CC(=O)N2CCCC2)CN3c2ccccc2)cc1. The van der Waals surface area contributed by atoms with E-state index in [1.807, 2.05) is 66.4 Å². The van der Waals surface area contributed by atoms with Crippen LogP contribution in [0.5, 0.6) is 0 Å². The third-order valence-corrected chi connectivity index (χ3v) is 7.55. The van der Waals surface area contributed by atoms with Crippen molar-refractivity contribution in [2.24, 2.45) is 0 Å². The van der Waals surface area contributed by atoms with E-state index < -0.39 is 5.54 Å². The number of para-hydroxylation sites is 1. The summed E-state index contributed by atoms with van der Waals surface area (Å²) in [5, 5.41) is 2.97. The first-order valence-corrected chi connectivity index (χ1v) is 12.5. The summed E-state index contributed by atoms with van der Waals surface area (Å²) >= 11 is 0. The number of carbonyl (C=O) groups excluding carboxylic acids is 3. The van der Waals surface area contributed by atoms with E-state index in [1.165, 1.54) is 0 Å². The maximum Gasteiger partial charge on any atom is 0.321 e. The van der Waals surface area contributed by atoms with Gasteiger partial charge >= 0.3 is 6.03 Å². The molecule has 8 nitrogen and oxygen atoms in total. The molecule has 2 aromatic rings. The molecule has 3 aliphatic heterocycles. The Morgan fingerprint density at radius 3 is 2.20 bits per heavy atom. The number of likely N-dealkylation sites (tertiary alicyclic amines) is 2. The zero-order chi connectivity index (χ0) is 24.4. The van der Waals surface area contributed by atoms with Gasteiger partial charge in [0.1, 0.15) is 12.1 Å². The topological polar surface area (TPSA) is 76.2 Å². The van der Waals surface area contributed by atoms with Crippen LogP contribution in [0.25, 0.3) is 0 Å². The minimum absolute atomic E-state index is 0.00695. The van der Waals surface area contributed by atoms with E-state index in [4.69, 9.17) is 0 Å². The van der Waals surface area contributed by atoms with Crippen LogP contribution in [-0.2, 0) is 9.59 Å². The van der Waals surface area contributed by atoms with Gasteiger partial charge in [-0.25, -0.2) is 4.79 Å². The Hall–Kier alpha value is -3.55. The second-order valence-corrected chi connectivity index (χ2v) is 9.81. The van der Waals surface area contributed by atoms with Crippen molar-refractivity contribution in [1.82, 2.24) is 14.7 Å². The fourth-order valence-electron chi connectivity index (χ4n) is 5.47. The molecule has 3 fully saturated rings. The number of piperidine rings is 1. The average molecular weight is 476 g/mol. The molecule has 0 saturated carbocycles. The lowest BCUT2D eigenvalue weighted by molar-refractivity contribution is -0.140. The lowest BCUT2D eigenvalue weighted by Crippen LogP contribution is -2.58. The number of amides is 4. The number of urea groups is 1. The van der Waals surface area contributed by atoms with Crippen LogP contribution in [0.4, 0.5) is 16.2 Å². The summed E-state index contributed by atoms with van der Waals surface area (Å²) in [6.45, 7) is 5.01. The van der Waals surface area contributed by atoms with Crippen LogP contribution in [0.15, 0.2) is 54.6 Å². The quantitative estimate of drug-likeness (QED) is 0.736. The summed E-state index contributed by atoms with van der Waals surface area (Å²) in [4.78, 5) is 47.0. The van der Waals surface area contributed by atoms with Gasteiger partial charge < -0.3 is 24.9 Å². The number of hydrogen-bond donors (Lipinski definition) is 1. The highest BCUT2D eigenvalue weighted by molar-refractivity contribution is 5.97. The van der Waals surface area contributed by atoms with Crippen molar-refractivity contribution in [3.05, 3.63) is 60.2 Å². The fourth-order valence-corrected chi connectivity index (χ4v) is 5.47. The van der Waals surface area contributed by atoms with E-state index >= 15 is 0 Å². The van der Waals surface area contributed by atoms with Crippen molar-refractivity contribution in [1.29, 1.82) is 0 Å². The van der Waals surface area contributed by atoms with Crippen LogP contribution in [-0.4, -0.2) is 77.5 Å². The molecule has 1 spiro atoms. The molecular weight excluding hydrogens is 442 g/mol. The molecule has 1 N–H and O–H groups in total. The van der Waals surface area contributed by atoms with Crippen molar-refractivity contribution in [3.63, 3.8) is 0 Å². The van der Waals surface area contributed by atoms with Crippen LogP contribution in [0.3, 0.4) is 0 Å². The Balaban J connectivity index is 1.31. The van der Waals surface area contributed by atoms with Gasteiger partial charge in [0.15, 0.2) is 0 Å². The smallest absolute Gasteiger partial charge is 0.321 e. The second-order valence-electron chi connectivity index (χ2n) is 9.81. The molecular formula is C27H33N5O3. The molecule has 0 aromatic heterocycles. The summed E-state index contributed by atoms with van der Waals surface area (Å²) in [7, 11) is 0. The van der Waals surface area contributed by atoms with Crippen molar-refractivity contribution in [2.45, 2.75) is 38.1 Å². The normalized spacial score (nSPS) is 19.5. The van der Waals surface area contributed by atoms with Crippen molar-refractivity contribution >= 4 is 29.2 Å². The molecule has 0 bridgehead atoms. The molecule has 3 heterocycles. The molecule has 8 heteroatoms. The van der Waals surface area contributed by atoms with Crippen LogP contribution < -0.4 is 10.2 Å². The lowest BCUT2D eigenvalue weighted by atomic mass is 9.85. The Morgan fingerprint density at radius 2 is 1.54 bits per heavy atom. The first kappa shape index (κ1) is 23.2. The largest absolute Gasteiger partial charge is 0.341 e. The van der Waals surface area contributed by atoms with Gasteiger partial charge in [-0.3, -0.25) is 9.59 Å². The Morgan fingerprint density at radius 1 is 0.886 bits per heavy atom. The first-order valence-electron chi connectivity index (χ1n) is 12.5. The van der Waals surface area contributed by atoms with Crippen molar-refractivity contribution in [3.8, 4) is 0 Å². The molecule has 5 rings (SSSR count). The zero-order valence-electron chi connectivity index (χ0n) is 20.3. The highest BCUT2D eigenvalue weighted by Gasteiger charge is 2.54. The highest BCUT2D eigenvalue weighted by Crippen LogP contribution is 2.39. The Labute approximate surface area is 206 Å². The summed E-state index contributed by atoms with van der Waals surface area (Å²) < 4.78 is 0. The standard InChI is InChI=1S/C27H33N5O3/c1-21-9-11-22(12-10-21)28-26(35)30-17-13-27(14-18-30)25(34)31(19-24(33)29-15-5-6-16-29)20-32(27)23-7-3-2-4-8-23/h2-4,7-12H,5-6,13-20H2,1H3,(H,28,35). The van der Waals surface area contributed by atoms with Gasteiger partial charge in [-0.1, -0.05) is 35.9 Å². The van der Waals surface area contributed by atoms with E-state index in [9.17, 15) is 14.4 Å². The zero-order valence-corrected chi connectivity index (χ0v) is 20.3. The highest BCUT2D eigenvalue weighted by atomic mass is 16.2. The molecule has 0 unspecified atom stereocenters.